The molecule has 3 rings (SSSR count). The highest BCUT2D eigenvalue weighted by Crippen LogP contribution is 2.34. The van der Waals surface area contributed by atoms with Crippen LogP contribution in [0.2, 0.25) is 0 Å². The largest absolute Gasteiger partial charge is 0.490 e. The summed E-state index contributed by atoms with van der Waals surface area (Å²) in [4.78, 5) is 12.5. The maximum absolute atomic E-state index is 12.5. The summed E-state index contributed by atoms with van der Waals surface area (Å²) in [7, 11) is 0. The van der Waals surface area contributed by atoms with Crippen LogP contribution in [0.3, 0.4) is 0 Å². The maximum atomic E-state index is 12.5. The first-order valence-corrected chi connectivity index (χ1v) is 11.3. The summed E-state index contributed by atoms with van der Waals surface area (Å²) in [6, 6.07) is 9.16. The molecule has 0 aliphatic rings. The second-order valence-corrected chi connectivity index (χ2v) is 8.25. The molecule has 162 valence electrons. The van der Waals surface area contributed by atoms with Crippen molar-refractivity contribution in [2.75, 3.05) is 13.2 Å². The number of rotatable bonds is 9. The summed E-state index contributed by atoms with van der Waals surface area (Å²) in [5, 5.41) is 4.88. The van der Waals surface area contributed by atoms with Gasteiger partial charge in [-0.2, -0.15) is 5.10 Å². The maximum Gasteiger partial charge on any atom is 0.307 e. The molecule has 0 bridgehead atoms. The zero-order chi connectivity index (χ0) is 22.4. The van der Waals surface area contributed by atoms with E-state index in [0.717, 1.165) is 25.5 Å². The minimum Gasteiger partial charge on any atom is -0.490 e. The van der Waals surface area contributed by atoms with Crippen LogP contribution in [-0.4, -0.2) is 25.3 Å². The molecule has 0 saturated carbocycles. The molecule has 0 aliphatic carbocycles. The van der Waals surface area contributed by atoms with Gasteiger partial charge in [0.2, 0.25) is 0 Å². The number of hydrogen-bond acceptors (Lipinski definition) is 5. The Morgan fingerprint density at radius 2 is 1.94 bits per heavy atom. The van der Waals surface area contributed by atoms with Crippen molar-refractivity contribution in [2.45, 2.75) is 20.3 Å². The van der Waals surface area contributed by atoms with Gasteiger partial charge in [-0.15, -0.1) is 6.58 Å². The quantitative estimate of drug-likeness (QED) is 0.194. The van der Waals surface area contributed by atoms with E-state index < -0.39 is 5.91 Å². The number of furan rings is 1. The standard InChI is InChI=1S/C23H22Br2N2O4/c1-4-7-15-8-14(9-19(29-5-2)22(15)30-6-3)13-26-27-23(28)20-11-16-10-17(24)12-18(25)21(16)31-20/h4,8-13H,1,5-7H2,2-3H3,(H,27,28)/b26-13-. The smallest absolute Gasteiger partial charge is 0.307 e. The SMILES string of the molecule is C=CCc1cc(/C=N\NC(=O)c2cc3cc(Br)cc(Br)c3o2)cc(OCC)c1OCC. The number of carbonyl (C=O) groups excluding carboxylic acids is 1. The van der Waals surface area contributed by atoms with Crippen LogP contribution >= 0.6 is 31.9 Å². The second-order valence-electron chi connectivity index (χ2n) is 6.48. The lowest BCUT2D eigenvalue weighted by Gasteiger charge is -2.15. The predicted octanol–water partition coefficient (Wildman–Crippen LogP) is 6.25. The van der Waals surface area contributed by atoms with Crippen molar-refractivity contribution < 1.29 is 18.7 Å². The third-order valence-electron chi connectivity index (χ3n) is 4.25. The number of carbonyl (C=O) groups is 1. The molecular formula is C23H22Br2N2O4. The molecule has 31 heavy (non-hydrogen) atoms. The van der Waals surface area contributed by atoms with Crippen LogP contribution in [0.1, 0.15) is 35.5 Å². The summed E-state index contributed by atoms with van der Waals surface area (Å²) in [5.41, 5.74) is 4.80. The number of fused-ring (bicyclic) bond motifs is 1. The molecule has 0 unspecified atom stereocenters. The van der Waals surface area contributed by atoms with Gasteiger partial charge in [-0.05, 0) is 72.1 Å². The number of amides is 1. The van der Waals surface area contributed by atoms with Crippen molar-refractivity contribution in [3.63, 3.8) is 0 Å². The molecule has 1 heterocycles. The van der Waals surface area contributed by atoms with E-state index in [9.17, 15) is 4.79 Å². The Morgan fingerprint density at radius 3 is 2.65 bits per heavy atom. The number of ether oxygens (including phenoxy) is 2. The summed E-state index contributed by atoms with van der Waals surface area (Å²) in [6.07, 6.45) is 3.97. The zero-order valence-corrected chi connectivity index (χ0v) is 20.4. The van der Waals surface area contributed by atoms with Crippen LogP contribution in [0.25, 0.3) is 11.0 Å². The lowest BCUT2D eigenvalue weighted by molar-refractivity contribution is 0.0929. The third kappa shape index (κ3) is 5.57. The molecule has 6 nitrogen and oxygen atoms in total. The fraction of sp³-hybridized carbons (Fsp3) is 0.217. The van der Waals surface area contributed by atoms with Crippen LogP contribution in [0.4, 0.5) is 0 Å². The van der Waals surface area contributed by atoms with Crippen molar-refractivity contribution in [3.8, 4) is 11.5 Å². The fourth-order valence-electron chi connectivity index (χ4n) is 3.04. The summed E-state index contributed by atoms with van der Waals surface area (Å²) < 4.78 is 18.8. The topological polar surface area (TPSA) is 73.1 Å². The highest BCUT2D eigenvalue weighted by atomic mass is 79.9. The van der Waals surface area contributed by atoms with Gasteiger partial charge >= 0.3 is 5.91 Å². The van der Waals surface area contributed by atoms with E-state index in [1.165, 1.54) is 0 Å². The predicted molar refractivity (Wildman–Crippen MR) is 129 cm³/mol. The van der Waals surface area contributed by atoms with E-state index in [1.54, 1.807) is 18.4 Å². The molecule has 8 heteroatoms. The Hall–Kier alpha value is -2.58. The van der Waals surface area contributed by atoms with E-state index in [2.05, 4.69) is 49.0 Å². The molecule has 1 N–H and O–H groups in total. The number of nitrogens with one attached hydrogen (secondary N) is 1. The molecule has 0 saturated heterocycles. The fourth-order valence-corrected chi connectivity index (χ4v) is 4.38. The van der Waals surface area contributed by atoms with Crippen LogP contribution in [0, 0.1) is 0 Å². The number of benzene rings is 2. The van der Waals surface area contributed by atoms with Gasteiger partial charge in [-0.1, -0.05) is 22.0 Å². The number of hydrogen-bond donors (Lipinski definition) is 1. The average Bonchev–Trinajstić information content (AvgIpc) is 3.15. The molecule has 1 amide bonds. The summed E-state index contributed by atoms with van der Waals surface area (Å²) in [5.74, 6) is 1.05. The number of nitrogens with zero attached hydrogens (tertiary/aromatic N) is 1. The molecule has 0 aliphatic heterocycles. The monoisotopic (exact) mass is 548 g/mol. The third-order valence-corrected chi connectivity index (χ3v) is 5.29. The van der Waals surface area contributed by atoms with Crippen LogP contribution in [0.5, 0.6) is 11.5 Å². The van der Waals surface area contributed by atoms with E-state index in [0.29, 0.717) is 36.7 Å². The number of allylic oxidation sites excluding steroid dienone is 1. The molecule has 0 spiro atoms. The molecule has 3 aromatic rings. The molecule has 0 fully saturated rings. The zero-order valence-electron chi connectivity index (χ0n) is 17.2. The van der Waals surface area contributed by atoms with Gasteiger partial charge in [0.05, 0.1) is 23.9 Å². The van der Waals surface area contributed by atoms with Crippen molar-refractivity contribution >= 4 is 55.0 Å². The molecule has 2 aromatic carbocycles. The highest BCUT2D eigenvalue weighted by Gasteiger charge is 2.15. The first kappa shape index (κ1) is 23.1. The first-order valence-electron chi connectivity index (χ1n) is 9.72. The Morgan fingerprint density at radius 1 is 1.16 bits per heavy atom. The average molecular weight is 550 g/mol. The molecule has 0 atom stereocenters. The Labute approximate surface area is 197 Å². The Bertz CT molecular complexity index is 1140. The number of halogens is 2. The lowest BCUT2D eigenvalue weighted by Crippen LogP contribution is -2.16. The molecular weight excluding hydrogens is 528 g/mol. The van der Waals surface area contributed by atoms with E-state index >= 15 is 0 Å². The van der Waals surface area contributed by atoms with Crippen LogP contribution < -0.4 is 14.9 Å². The highest BCUT2D eigenvalue weighted by molar-refractivity contribution is 9.11. The van der Waals surface area contributed by atoms with Crippen LogP contribution in [-0.2, 0) is 6.42 Å². The van der Waals surface area contributed by atoms with Crippen LogP contribution in [0.15, 0.2) is 61.5 Å². The van der Waals surface area contributed by atoms with Crippen molar-refractivity contribution in [1.82, 2.24) is 5.43 Å². The van der Waals surface area contributed by atoms with Gasteiger partial charge in [0.1, 0.15) is 5.58 Å². The second kappa shape index (κ2) is 10.6. The van der Waals surface area contributed by atoms with Crippen molar-refractivity contribution in [1.29, 1.82) is 0 Å². The van der Waals surface area contributed by atoms with E-state index in [4.69, 9.17) is 13.9 Å². The van der Waals surface area contributed by atoms with Gasteiger partial charge in [0.15, 0.2) is 17.3 Å². The van der Waals surface area contributed by atoms with E-state index in [-0.39, 0.29) is 5.76 Å². The minimum atomic E-state index is -0.447. The van der Waals surface area contributed by atoms with Crippen molar-refractivity contribution in [2.24, 2.45) is 5.10 Å². The first-order chi connectivity index (χ1) is 15.0. The summed E-state index contributed by atoms with van der Waals surface area (Å²) >= 11 is 6.86. The van der Waals surface area contributed by atoms with Gasteiger partial charge in [0, 0.05) is 15.4 Å². The summed E-state index contributed by atoms with van der Waals surface area (Å²) in [6.45, 7) is 8.67. The Kier molecular flexibility index (Phi) is 7.92. The normalized spacial score (nSPS) is 11.1. The molecule has 0 radical (unpaired) electrons. The minimum absolute atomic E-state index is 0.167. The van der Waals surface area contributed by atoms with Crippen molar-refractivity contribution in [3.05, 3.63) is 68.8 Å². The lowest BCUT2D eigenvalue weighted by atomic mass is 10.1. The van der Waals surface area contributed by atoms with Gasteiger partial charge in [0.25, 0.3) is 0 Å². The number of hydrazone groups is 1. The van der Waals surface area contributed by atoms with E-state index in [1.807, 2.05) is 38.1 Å². The van der Waals surface area contributed by atoms with Gasteiger partial charge in [-0.25, -0.2) is 5.43 Å². The van der Waals surface area contributed by atoms with Gasteiger partial charge in [-0.3, -0.25) is 4.79 Å². The Balaban J connectivity index is 1.81. The van der Waals surface area contributed by atoms with Gasteiger partial charge < -0.3 is 13.9 Å². The molecule has 1 aromatic heterocycles.